The normalized spacial score (nSPS) is 9.90. The summed E-state index contributed by atoms with van der Waals surface area (Å²) in [6.07, 6.45) is 0. The lowest BCUT2D eigenvalue weighted by atomic mass is 9.90. The first-order chi connectivity index (χ1) is 14.6. The van der Waals surface area contributed by atoms with Crippen LogP contribution in [0.15, 0.2) is 103 Å². The van der Waals surface area contributed by atoms with Crippen LogP contribution in [0.1, 0.15) is 10.4 Å². The number of hydrogen-bond acceptors (Lipinski definition) is 2. The molecule has 5 heteroatoms. The highest BCUT2D eigenvalue weighted by Crippen LogP contribution is 2.34. The van der Waals surface area contributed by atoms with Gasteiger partial charge in [0.1, 0.15) is 0 Å². The summed E-state index contributed by atoms with van der Waals surface area (Å²) in [6, 6.07) is 33.0. The van der Waals surface area contributed by atoms with Gasteiger partial charge < -0.3 is 10.2 Å². The minimum atomic E-state index is -0.416. The summed E-state index contributed by atoms with van der Waals surface area (Å²) in [6.45, 7) is 0. The van der Waals surface area contributed by atoms with Gasteiger partial charge in [-0.2, -0.15) is 0 Å². The summed E-state index contributed by atoms with van der Waals surface area (Å²) in [5.74, 6) is -0.416. The minimum absolute atomic E-state index is 0.320. The molecule has 0 aliphatic carbocycles. The molecule has 1 amide bonds. The fourth-order valence-electron chi connectivity index (χ4n) is 3.15. The molecule has 2 N–H and O–H groups in total. The van der Waals surface area contributed by atoms with Crippen LogP contribution in [0.4, 0.5) is 0 Å². The molecular weight excluding hydrogens is 405 g/mol. The lowest BCUT2D eigenvalue weighted by molar-refractivity contribution is 0.100. The van der Waals surface area contributed by atoms with Crippen LogP contribution in [0.25, 0.3) is 22.3 Å². The van der Waals surface area contributed by atoms with Gasteiger partial charge in [0.15, 0.2) is 0 Å². The van der Waals surface area contributed by atoms with Crippen molar-refractivity contribution in [3.05, 3.63) is 109 Å². The Kier molecular flexibility index (Phi) is 7.55. The first kappa shape index (κ1) is 21.5. The van der Waals surface area contributed by atoms with Crippen LogP contribution in [0.3, 0.4) is 0 Å². The van der Waals surface area contributed by atoms with Gasteiger partial charge >= 0.3 is 9.41 Å². The predicted molar refractivity (Wildman–Crippen MR) is 128 cm³/mol. The van der Waals surface area contributed by atoms with Crippen molar-refractivity contribution >= 4 is 35.0 Å². The summed E-state index contributed by atoms with van der Waals surface area (Å²) < 4.78 is 10.2. The molecule has 0 saturated carbocycles. The van der Waals surface area contributed by atoms with Gasteiger partial charge in [-0.25, -0.2) is 0 Å². The summed E-state index contributed by atoms with van der Waals surface area (Å²) in [5, 5.41) is 1.92. The molecule has 3 nitrogen and oxygen atoms in total. The molecule has 1 atom stereocenters. The third-order valence-corrected chi connectivity index (χ3v) is 5.57. The van der Waals surface area contributed by atoms with Crippen molar-refractivity contribution in [1.29, 1.82) is 0 Å². The number of amides is 1. The van der Waals surface area contributed by atoms with E-state index in [0.29, 0.717) is 5.56 Å². The van der Waals surface area contributed by atoms with Crippen LogP contribution in [-0.4, -0.2) is 15.3 Å². The third-order valence-electron chi connectivity index (χ3n) is 4.52. The molecule has 0 saturated heterocycles. The molecule has 0 bridgehead atoms. The van der Waals surface area contributed by atoms with E-state index in [1.54, 1.807) is 6.07 Å². The summed E-state index contributed by atoms with van der Waals surface area (Å²) in [4.78, 5) is 11.9. The van der Waals surface area contributed by atoms with Gasteiger partial charge in [-0.05, 0) is 33.2 Å². The van der Waals surface area contributed by atoms with Crippen molar-refractivity contribution in [1.82, 2.24) is 0 Å². The van der Waals surface area contributed by atoms with E-state index in [2.05, 4.69) is 9.24 Å². The maximum absolute atomic E-state index is 11.9. The fraction of sp³-hybridized carbons (Fsp3) is 0. The molecule has 4 rings (SSSR count). The zero-order chi connectivity index (χ0) is 21.3. The summed E-state index contributed by atoms with van der Waals surface area (Å²) >= 11 is 0. The second-order valence-electron chi connectivity index (χ2n) is 6.52. The first-order valence-corrected chi connectivity index (χ1v) is 10.9. The summed E-state index contributed by atoms with van der Waals surface area (Å²) in [5.41, 5.74) is 10.1. The number of nitrogens with two attached hydrogens (primary N) is 1. The molecule has 1 radical (unpaired) electrons. The number of carbonyl (C=O) groups excluding carboxylic acids is 1. The van der Waals surface area contributed by atoms with E-state index in [4.69, 9.17) is 5.73 Å². The molecule has 147 valence electrons. The van der Waals surface area contributed by atoms with Crippen LogP contribution in [0, 0.1) is 0 Å². The highest BCUT2D eigenvalue weighted by Gasteiger charge is 2.17. The van der Waals surface area contributed by atoms with Crippen molar-refractivity contribution in [3.8, 4) is 22.3 Å². The molecule has 0 aliphatic heterocycles. The Morgan fingerprint density at radius 2 is 1.13 bits per heavy atom. The van der Waals surface area contributed by atoms with Gasteiger partial charge in [0.25, 0.3) is 0 Å². The summed E-state index contributed by atoms with van der Waals surface area (Å²) in [7, 11) is 2.43. The average Bonchev–Trinajstić information content (AvgIpc) is 2.80. The molecule has 4 aromatic rings. The highest BCUT2D eigenvalue weighted by molar-refractivity contribution is 7.28. The quantitative estimate of drug-likeness (QED) is 0.396. The molecule has 0 aliphatic rings. The number of primary amides is 1. The monoisotopic (exact) mass is 426 g/mol. The van der Waals surface area contributed by atoms with E-state index in [1.165, 1.54) is 0 Å². The van der Waals surface area contributed by atoms with Crippen LogP contribution in [-0.2, 0) is 4.46 Å². The van der Waals surface area contributed by atoms with Gasteiger partial charge in [-0.15, -0.1) is 9.24 Å². The number of hydrogen-bond donors (Lipinski definition) is 1. The molecule has 1 unspecified atom stereocenters. The number of benzene rings is 4. The van der Waals surface area contributed by atoms with Gasteiger partial charge in [0.2, 0.25) is 5.91 Å². The van der Waals surface area contributed by atoms with Gasteiger partial charge in [-0.1, -0.05) is 97.1 Å². The molecule has 0 fully saturated rings. The van der Waals surface area contributed by atoms with Crippen molar-refractivity contribution in [2.24, 2.45) is 5.73 Å². The molecular formula is C25H21NO2PSi. The fourth-order valence-corrected chi connectivity index (χ4v) is 3.89. The third kappa shape index (κ3) is 5.23. The van der Waals surface area contributed by atoms with E-state index in [0.717, 1.165) is 32.7 Å². The zero-order valence-electron chi connectivity index (χ0n) is 16.3. The number of carbonyl (C=O) groups is 1. The van der Waals surface area contributed by atoms with Crippen molar-refractivity contribution < 1.29 is 9.26 Å². The minimum Gasteiger partial charge on any atom is -0.378 e. The molecule has 0 spiro atoms. The Balaban J connectivity index is 0.000000269. The molecule has 30 heavy (non-hydrogen) atoms. The average molecular weight is 427 g/mol. The number of rotatable bonds is 4. The van der Waals surface area contributed by atoms with Crippen LogP contribution in [0.2, 0.25) is 0 Å². The Morgan fingerprint density at radius 1 is 0.667 bits per heavy atom. The molecule has 0 aromatic heterocycles. The van der Waals surface area contributed by atoms with E-state index in [9.17, 15) is 9.26 Å². The van der Waals surface area contributed by atoms with Crippen molar-refractivity contribution in [2.45, 2.75) is 0 Å². The lowest BCUT2D eigenvalue weighted by Gasteiger charge is -2.16. The van der Waals surface area contributed by atoms with Crippen LogP contribution >= 0.6 is 9.24 Å². The zero-order valence-corrected chi connectivity index (χ0v) is 18.4. The van der Waals surface area contributed by atoms with E-state index < -0.39 is 5.91 Å². The van der Waals surface area contributed by atoms with Crippen molar-refractivity contribution in [2.75, 3.05) is 0 Å². The Labute approximate surface area is 181 Å². The maximum Gasteiger partial charge on any atom is 0.365 e. The molecule has 0 heterocycles. The van der Waals surface area contributed by atoms with Gasteiger partial charge in [0.05, 0.1) is 0 Å². The van der Waals surface area contributed by atoms with E-state index in [-0.39, 0.29) is 9.41 Å². The first-order valence-electron chi connectivity index (χ1n) is 9.38. The lowest BCUT2D eigenvalue weighted by Crippen LogP contribution is -2.15. The predicted octanol–water partition coefficient (Wildman–Crippen LogP) is 3.98. The topological polar surface area (TPSA) is 60.2 Å². The standard InChI is InChI=1S/C19H16NOP.C6H5OSi/c20-19(21)15-11-12-16(22)18(14-9-5-2-6-10-14)17(15)13-7-3-1-4-8-13;7-8-6-4-2-1-3-5-6/h1-12H,22H2,(H2,20,21);1-5H. The maximum atomic E-state index is 11.9. The Morgan fingerprint density at radius 3 is 1.57 bits per heavy atom. The van der Waals surface area contributed by atoms with E-state index >= 15 is 0 Å². The second-order valence-corrected chi connectivity index (χ2v) is 7.92. The van der Waals surface area contributed by atoms with Crippen LogP contribution < -0.4 is 16.2 Å². The van der Waals surface area contributed by atoms with Crippen molar-refractivity contribution in [3.63, 3.8) is 0 Å². The SMILES string of the molecule is NC(=O)c1ccc(P)c(-c2ccccc2)c1-c1ccccc1.O=[Si]c1ccccc1. The molecule has 4 aromatic carbocycles. The Hall–Kier alpha value is -3.20. The highest BCUT2D eigenvalue weighted by atomic mass is 31.0. The largest absolute Gasteiger partial charge is 0.378 e. The Bertz CT molecular complexity index is 1130. The second kappa shape index (κ2) is 10.5. The smallest absolute Gasteiger partial charge is 0.365 e. The van der Waals surface area contributed by atoms with Gasteiger partial charge in [-0.3, -0.25) is 4.79 Å². The van der Waals surface area contributed by atoms with Gasteiger partial charge in [0, 0.05) is 11.1 Å². The van der Waals surface area contributed by atoms with E-state index in [1.807, 2.05) is 97.1 Å². The van der Waals surface area contributed by atoms with Crippen LogP contribution in [0.5, 0.6) is 0 Å².